The normalized spacial score (nSPS) is 11.3. The molecular weight excluding hydrogens is 405 g/mol. The third kappa shape index (κ3) is 4.50. The van der Waals surface area contributed by atoms with Crippen molar-refractivity contribution in [2.45, 2.75) is 10.6 Å². The zero-order valence-electron chi connectivity index (χ0n) is 14.0. The second-order valence-corrected chi connectivity index (χ2v) is 8.81. The maximum atomic E-state index is 12.7. The number of amides is 1. The van der Waals surface area contributed by atoms with Crippen LogP contribution in [0.25, 0.3) is 11.1 Å². The summed E-state index contributed by atoms with van der Waals surface area (Å²) in [7, 11) is -3.58. The highest BCUT2D eigenvalue weighted by Crippen LogP contribution is 2.31. The molecule has 3 rings (SSSR count). The van der Waals surface area contributed by atoms with Crippen LogP contribution in [0.3, 0.4) is 0 Å². The second kappa shape index (κ2) is 7.72. The fourth-order valence-electron chi connectivity index (χ4n) is 2.68. The van der Waals surface area contributed by atoms with Crippen LogP contribution in [-0.2, 0) is 15.6 Å². The fraction of sp³-hybridized carbons (Fsp3) is 0.0500. The van der Waals surface area contributed by atoms with E-state index < -0.39 is 15.7 Å². The van der Waals surface area contributed by atoms with Crippen molar-refractivity contribution in [3.8, 4) is 11.1 Å². The topological polar surface area (TPSA) is 77.2 Å². The summed E-state index contributed by atoms with van der Waals surface area (Å²) in [5, 5.41) is 1.02. The van der Waals surface area contributed by atoms with Crippen molar-refractivity contribution in [2.24, 2.45) is 5.73 Å². The quantitative estimate of drug-likeness (QED) is 0.648. The predicted octanol–water partition coefficient (Wildman–Crippen LogP) is 4.73. The molecule has 0 aromatic heterocycles. The Balaban J connectivity index is 1.87. The maximum Gasteiger partial charge on any atom is 0.248 e. The number of sulfone groups is 1. The summed E-state index contributed by atoms with van der Waals surface area (Å²) in [4.78, 5) is 11.4. The van der Waals surface area contributed by atoms with Gasteiger partial charge in [0.25, 0.3) is 0 Å². The van der Waals surface area contributed by atoms with Gasteiger partial charge >= 0.3 is 0 Å². The highest BCUT2D eigenvalue weighted by Gasteiger charge is 2.16. The lowest BCUT2D eigenvalue weighted by molar-refractivity contribution is 0.1000. The number of carbonyl (C=O) groups excluding carboxylic acids is 1. The van der Waals surface area contributed by atoms with Gasteiger partial charge in [-0.1, -0.05) is 53.5 Å². The van der Waals surface area contributed by atoms with Gasteiger partial charge in [-0.05, 0) is 47.5 Å². The molecule has 4 nitrogen and oxygen atoms in total. The molecule has 0 atom stereocenters. The van der Waals surface area contributed by atoms with Crippen molar-refractivity contribution in [3.63, 3.8) is 0 Å². The molecule has 1 amide bonds. The minimum Gasteiger partial charge on any atom is -0.366 e. The van der Waals surface area contributed by atoms with E-state index in [0.717, 1.165) is 11.1 Å². The highest BCUT2D eigenvalue weighted by molar-refractivity contribution is 7.90. The first-order chi connectivity index (χ1) is 12.8. The van der Waals surface area contributed by atoms with Crippen molar-refractivity contribution in [2.75, 3.05) is 0 Å². The SMILES string of the molecule is NC(=O)c1cccc(CS(=O)(=O)c2ccc(-c3ccc(Cl)cc3Cl)cc2)c1. The van der Waals surface area contributed by atoms with Gasteiger partial charge in [-0.15, -0.1) is 0 Å². The van der Waals surface area contributed by atoms with E-state index in [2.05, 4.69) is 0 Å². The summed E-state index contributed by atoms with van der Waals surface area (Å²) in [6.07, 6.45) is 0. The number of nitrogens with two attached hydrogens (primary N) is 1. The third-order valence-electron chi connectivity index (χ3n) is 4.02. The Bertz CT molecular complexity index is 1110. The molecule has 27 heavy (non-hydrogen) atoms. The molecule has 7 heteroatoms. The van der Waals surface area contributed by atoms with Crippen LogP contribution in [0.4, 0.5) is 0 Å². The fourth-order valence-corrected chi connectivity index (χ4v) is 4.54. The van der Waals surface area contributed by atoms with E-state index in [-0.39, 0.29) is 16.2 Å². The van der Waals surface area contributed by atoms with Gasteiger partial charge in [-0.3, -0.25) is 4.79 Å². The second-order valence-electron chi connectivity index (χ2n) is 5.97. The van der Waals surface area contributed by atoms with E-state index in [1.165, 1.54) is 18.2 Å². The predicted molar refractivity (Wildman–Crippen MR) is 108 cm³/mol. The molecule has 3 aromatic rings. The molecule has 0 unspecified atom stereocenters. The van der Waals surface area contributed by atoms with E-state index in [1.54, 1.807) is 48.5 Å². The molecular formula is C20H15Cl2NO3S. The van der Waals surface area contributed by atoms with Crippen molar-refractivity contribution in [3.05, 3.63) is 87.9 Å². The van der Waals surface area contributed by atoms with Crippen molar-refractivity contribution in [1.82, 2.24) is 0 Å². The summed E-state index contributed by atoms with van der Waals surface area (Å²) in [5.74, 6) is -0.826. The maximum absolute atomic E-state index is 12.7. The van der Waals surface area contributed by atoms with E-state index in [4.69, 9.17) is 28.9 Å². The average molecular weight is 420 g/mol. The molecule has 0 heterocycles. The zero-order chi connectivity index (χ0) is 19.6. The molecule has 0 saturated carbocycles. The lowest BCUT2D eigenvalue weighted by Crippen LogP contribution is -2.12. The third-order valence-corrected chi connectivity index (χ3v) is 6.28. The smallest absolute Gasteiger partial charge is 0.248 e. The largest absolute Gasteiger partial charge is 0.366 e. The van der Waals surface area contributed by atoms with Gasteiger partial charge in [0.15, 0.2) is 9.84 Å². The van der Waals surface area contributed by atoms with Crippen LogP contribution in [0.1, 0.15) is 15.9 Å². The lowest BCUT2D eigenvalue weighted by atomic mass is 10.1. The average Bonchev–Trinajstić information content (AvgIpc) is 2.62. The van der Waals surface area contributed by atoms with Crippen LogP contribution >= 0.6 is 23.2 Å². The van der Waals surface area contributed by atoms with Crippen LogP contribution < -0.4 is 5.73 Å². The van der Waals surface area contributed by atoms with Gasteiger partial charge in [0.1, 0.15) is 0 Å². The van der Waals surface area contributed by atoms with E-state index in [0.29, 0.717) is 15.6 Å². The molecule has 3 aromatic carbocycles. The summed E-state index contributed by atoms with van der Waals surface area (Å²) >= 11 is 12.1. The van der Waals surface area contributed by atoms with Gasteiger partial charge in [0.2, 0.25) is 5.91 Å². The molecule has 0 saturated heterocycles. The van der Waals surface area contributed by atoms with Gasteiger partial charge in [-0.25, -0.2) is 8.42 Å². The summed E-state index contributed by atoms with van der Waals surface area (Å²) in [5.41, 5.74) is 7.56. The van der Waals surface area contributed by atoms with Crippen molar-refractivity contribution < 1.29 is 13.2 Å². The number of halogens is 2. The molecule has 0 fully saturated rings. The zero-order valence-corrected chi connectivity index (χ0v) is 16.4. The monoisotopic (exact) mass is 419 g/mol. The Kier molecular flexibility index (Phi) is 5.56. The van der Waals surface area contributed by atoms with Gasteiger partial charge in [-0.2, -0.15) is 0 Å². The van der Waals surface area contributed by atoms with E-state index in [1.807, 2.05) is 0 Å². The molecule has 0 spiro atoms. The Morgan fingerprint density at radius 2 is 1.63 bits per heavy atom. The molecule has 0 radical (unpaired) electrons. The first-order valence-electron chi connectivity index (χ1n) is 7.93. The number of rotatable bonds is 5. The molecule has 0 aliphatic carbocycles. The van der Waals surface area contributed by atoms with Crippen LogP contribution in [0.15, 0.2) is 71.6 Å². The Labute approximate surface area is 167 Å². The Hall–Kier alpha value is -2.34. The summed E-state index contributed by atoms with van der Waals surface area (Å²) < 4.78 is 25.4. The van der Waals surface area contributed by atoms with E-state index >= 15 is 0 Å². The molecule has 2 N–H and O–H groups in total. The van der Waals surface area contributed by atoms with Crippen LogP contribution in [-0.4, -0.2) is 14.3 Å². The van der Waals surface area contributed by atoms with Gasteiger partial charge < -0.3 is 5.73 Å². The number of benzene rings is 3. The first kappa shape index (κ1) is 19.4. The van der Waals surface area contributed by atoms with Crippen LogP contribution in [0.2, 0.25) is 10.0 Å². The highest BCUT2D eigenvalue weighted by atomic mass is 35.5. The molecule has 0 bridgehead atoms. The first-order valence-corrected chi connectivity index (χ1v) is 10.3. The number of primary amides is 1. The molecule has 0 aliphatic rings. The summed E-state index contributed by atoms with van der Waals surface area (Å²) in [6.45, 7) is 0. The minimum atomic E-state index is -3.58. The number of hydrogen-bond donors (Lipinski definition) is 1. The van der Waals surface area contributed by atoms with Gasteiger partial charge in [0, 0.05) is 21.2 Å². The standard InChI is InChI=1S/C20H15Cl2NO3S/c21-16-6-9-18(19(22)11-16)14-4-7-17(8-5-14)27(25,26)12-13-2-1-3-15(10-13)20(23)24/h1-11H,12H2,(H2,23,24). The minimum absolute atomic E-state index is 0.181. The number of carbonyl (C=O) groups is 1. The lowest BCUT2D eigenvalue weighted by Gasteiger charge is -2.08. The van der Waals surface area contributed by atoms with Crippen molar-refractivity contribution >= 4 is 38.9 Å². The van der Waals surface area contributed by atoms with Crippen LogP contribution in [0, 0.1) is 0 Å². The van der Waals surface area contributed by atoms with Crippen LogP contribution in [0.5, 0.6) is 0 Å². The van der Waals surface area contributed by atoms with Crippen molar-refractivity contribution in [1.29, 1.82) is 0 Å². The molecule has 0 aliphatic heterocycles. The number of hydrogen-bond acceptors (Lipinski definition) is 3. The van der Waals surface area contributed by atoms with Gasteiger partial charge in [0.05, 0.1) is 10.6 Å². The molecule has 138 valence electrons. The Morgan fingerprint density at radius 3 is 2.26 bits per heavy atom. The van der Waals surface area contributed by atoms with E-state index in [9.17, 15) is 13.2 Å². The summed E-state index contributed by atoms with van der Waals surface area (Å²) in [6, 6.07) is 17.9. The Morgan fingerprint density at radius 1 is 0.926 bits per heavy atom.